The summed E-state index contributed by atoms with van der Waals surface area (Å²) in [5.74, 6) is 1.00. The Balaban J connectivity index is 2.07. The quantitative estimate of drug-likeness (QED) is 0.728. The molecule has 0 unspecified atom stereocenters. The van der Waals surface area contributed by atoms with E-state index in [-0.39, 0.29) is 5.91 Å². The molecule has 126 valence electrons. The van der Waals surface area contributed by atoms with Gasteiger partial charge in [-0.15, -0.1) is 0 Å². The van der Waals surface area contributed by atoms with Gasteiger partial charge >= 0.3 is 0 Å². The highest BCUT2D eigenvalue weighted by Crippen LogP contribution is 2.28. The van der Waals surface area contributed by atoms with Gasteiger partial charge in [0.15, 0.2) is 11.5 Å². The number of halogens is 2. The molecule has 0 saturated carbocycles. The molecule has 0 aromatic heterocycles. The Hall–Kier alpha value is -2.17. The molecule has 4 nitrogen and oxygen atoms in total. The second-order valence-corrected chi connectivity index (χ2v) is 5.61. The van der Waals surface area contributed by atoms with Crippen LogP contribution in [-0.2, 0) is 4.79 Å². The van der Waals surface area contributed by atoms with E-state index in [4.69, 9.17) is 32.7 Å². The first-order chi connectivity index (χ1) is 11.5. The predicted octanol–water partition coefficient (Wildman–Crippen LogP) is 5.05. The van der Waals surface area contributed by atoms with E-state index in [0.717, 1.165) is 5.56 Å². The molecule has 2 rings (SSSR count). The van der Waals surface area contributed by atoms with Crippen molar-refractivity contribution in [2.24, 2.45) is 0 Å². The van der Waals surface area contributed by atoms with E-state index in [9.17, 15) is 4.79 Å². The maximum Gasteiger partial charge on any atom is 0.248 e. The van der Waals surface area contributed by atoms with E-state index < -0.39 is 0 Å². The molecule has 0 atom stereocenters. The number of rotatable bonds is 6. The molecule has 0 spiro atoms. The highest BCUT2D eigenvalue weighted by atomic mass is 35.5. The molecule has 24 heavy (non-hydrogen) atoms. The molecule has 0 aliphatic carbocycles. The molecule has 0 aliphatic heterocycles. The van der Waals surface area contributed by atoms with Crippen LogP contribution in [0.2, 0.25) is 10.0 Å². The minimum absolute atomic E-state index is 0.276. The van der Waals surface area contributed by atoms with Gasteiger partial charge in [-0.1, -0.05) is 29.3 Å². The molecular weight excluding hydrogens is 349 g/mol. The largest absolute Gasteiger partial charge is 0.493 e. The van der Waals surface area contributed by atoms with Crippen molar-refractivity contribution in [3.05, 3.63) is 58.1 Å². The van der Waals surface area contributed by atoms with Crippen LogP contribution < -0.4 is 14.8 Å². The normalized spacial score (nSPS) is 10.7. The van der Waals surface area contributed by atoms with Crippen molar-refractivity contribution < 1.29 is 14.3 Å². The number of carbonyl (C=O) groups is 1. The summed E-state index contributed by atoms with van der Waals surface area (Å²) in [5.41, 5.74) is 1.40. The second-order valence-electron chi connectivity index (χ2n) is 4.79. The maximum atomic E-state index is 12.0. The minimum Gasteiger partial charge on any atom is -0.493 e. The van der Waals surface area contributed by atoms with Crippen LogP contribution in [0.4, 0.5) is 5.69 Å². The predicted molar refractivity (Wildman–Crippen MR) is 98.3 cm³/mol. The number of hydrogen-bond donors (Lipinski definition) is 1. The lowest BCUT2D eigenvalue weighted by Crippen LogP contribution is -2.07. The Morgan fingerprint density at radius 3 is 2.58 bits per heavy atom. The van der Waals surface area contributed by atoms with E-state index in [1.165, 1.54) is 6.08 Å². The van der Waals surface area contributed by atoms with Crippen molar-refractivity contribution in [1.29, 1.82) is 0 Å². The lowest BCUT2D eigenvalue weighted by molar-refractivity contribution is -0.111. The van der Waals surface area contributed by atoms with E-state index in [1.807, 2.05) is 19.1 Å². The number of carbonyl (C=O) groups excluding carboxylic acids is 1. The Kier molecular flexibility index (Phi) is 6.53. The fourth-order valence-electron chi connectivity index (χ4n) is 1.99. The van der Waals surface area contributed by atoms with Crippen molar-refractivity contribution in [2.45, 2.75) is 6.92 Å². The molecule has 0 radical (unpaired) electrons. The van der Waals surface area contributed by atoms with E-state index in [2.05, 4.69) is 5.32 Å². The SMILES string of the molecule is CCOc1cc(/C=C/C(=O)Nc2ccc(Cl)c(Cl)c2)ccc1OC. The molecule has 6 heteroatoms. The van der Waals surface area contributed by atoms with Gasteiger partial charge in [-0.2, -0.15) is 0 Å². The first-order valence-electron chi connectivity index (χ1n) is 7.28. The minimum atomic E-state index is -0.276. The smallest absolute Gasteiger partial charge is 0.248 e. The fraction of sp³-hybridized carbons (Fsp3) is 0.167. The summed E-state index contributed by atoms with van der Waals surface area (Å²) in [4.78, 5) is 12.0. The van der Waals surface area contributed by atoms with Crippen LogP contribution in [0.25, 0.3) is 6.08 Å². The van der Waals surface area contributed by atoms with Crippen molar-refractivity contribution in [3.63, 3.8) is 0 Å². The molecule has 2 aromatic carbocycles. The topological polar surface area (TPSA) is 47.6 Å². The van der Waals surface area contributed by atoms with Gasteiger partial charge in [-0.05, 0) is 48.9 Å². The van der Waals surface area contributed by atoms with Gasteiger partial charge in [0.25, 0.3) is 0 Å². The van der Waals surface area contributed by atoms with Crippen LogP contribution in [0.15, 0.2) is 42.5 Å². The van der Waals surface area contributed by atoms with Crippen LogP contribution >= 0.6 is 23.2 Å². The van der Waals surface area contributed by atoms with Gasteiger partial charge in [0, 0.05) is 11.8 Å². The Labute approximate surface area is 151 Å². The van der Waals surface area contributed by atoms with E-state index >= 15 is 0 Å². The number of benzene rings is 2. The standard InChI is InChI=1S/C18H17Cl2NO3/c1-3-24-17-10-12(4-8-16(17)23-2)5-9-18(22)21-13-6-7-14(19)15(20)11-13/h4-11H,3H2,1-2H3,(H,21,22)/b9-5+. The molecule has 1 amide bonds. The highest BCUT2D eigenvalue weighted by Gasteiger charge is 2.05. The summed E-state index contributed by atoms with van der Waals surface area (Å²) >= 11 is 11.8. The zero-order valence-corrected chi connectivity index (χ0v) is 14.8. The Morgan fingerprint density at radius 2 is 1.92 bits per heavy atom. The summed E-state index contributed by atoms with van der Waals surface area (Å²) in [5, 5.41) is 3.54. The van der Waals surface area contributed by atoms with Crippen LogP contribution in [0, 0.1) is 0 Å². The molecule has 0 bridgehead atoms. The number of ether oxygens (including phenoxy) is 2. The van der Waals surface area contributed by atoms with Crippen molar-refractivity contribution >= 4 is 40.9 Å². The zero-order chi connectivity index (χ0) is 17.5. The number of hydrogen-bond acceptors (Lipinski definition) is 3. The number of amides is 1. The number of nitrogens with one attached hydrogen (secondary N) is 1. The highest BCUT2D eigenvalue weighted by molar-refractivity contribution is 6.42. The molecule has 2 aromatic rings. The molecular formula is C18H17Cl2NO3. The Bertz CT molecular complexity index is 760. The van der Waals surface area contributed by atoms with Gasteiger partial charge in [0.2, 0.25) is 5.91 Å². The van der Waals surface area contributed by atoms with E-state index in [1.54, 1.807) is 37.5 Å². The lowest BCUT2D eigenvalue weighted by atomic mass is 10.2. The van der Waals surface area contributed by atoms with Crippen LogP contribution in [-0.4, -0.2) is 19.6 Å². The van der Waals surface area contributed by atoms with Crippen molar-refractivity contribution in [2.75, 3.05) is 19.0 Å². The number of methoxy groups -OCH3 is 1. The van der Waals surface area contributed by atoms with Crippen molar-refractivity contribution in [3.8, 4) is 11.5 Å². The van der Waals surface area contributed by atoms with Gasteiger partial charge < -0.3 is 14.8 Å². The monoisotopic (exact) mass is 365 g/mol. The summed E-state index contributed by atoms with van der Waals surface area (Å²) in [6.07, 6.45) is 3.12. The number of anilines is 1. The fourth-order valence-corrected chi connectivity index (χ4v) is 2.29. The van der Waals surface area contributed by atoms with Crippen LogP contribution in [0.1, 0.15) is 12.5 Å². The van der Waals surface area contributed by atoms with Gasteiger partial charge in [0.05, 0.1) is 23.8 Å². The molecule has 1 N–H and O–H groups in total. The first kappa shape index (κ1) is 18.2. The maximum absolute atomic E-state index is 12.0. The van der Waals surface area contributed by atoms with Crippen LogP contribution in [0.3, 0.4) is 0 Å². The average Bonchev–Trinajstić information content (AvgIpc) is 2.57. The van der Waals surface area contributed by atoms with Crippen molar-refractivity contribution in [1.82, 2.24) is 0 Å². The summed E-state index contributed by atoms with van der Waals surface area (Å²) < 4.78 is 10.7. The lowest BCUT2D eigenvalue weighted by Gasteiger charge is -2.09. The van der Waals surface area contributed by atoms with Gasteiger partial charge in [-0.3, -0.25) is 4.79 Å². The summed E-state index contributed by atoms with van der Waals surface area (Å²) in [6, 6.07) is 10.3. The average molecular weight is 366 g/mol. The molecule has 0 fully saturated rings. The Morgan fingerprint density at radius 1 is 1.12 bits per heavy atom. The first-order valence-corrected chi connectivity index (χ1v) is 8.04. The zero-order valence-electron chi connectivity index (χ0n) is 13.3. The van der Waals surface area contributed by atoms with Crippen LogP contribution in [0.5, 0.6) is 11.5 Å². The molecule has 0 aliphatic rings. The molecule has 0 heterocycles. The van der Waals surface area contributed by atoms with E-state index in [0.29, 0.717) is 33.8 Å². The summed E-state index contributed by atoms with van der Waals surface area (Å²) in [7, 11) is 1.58. The second kappa shape index (κ2) is 8.62. The van der Waals surface area contributed by atoms with Gasteiger partial charge in [0.1, 0.15) is 0 Å². The molecule has 0 saturated heterocycles. The summed E-state index contributed by atoms with van der Waals surface area (Å²) in [6.45, 7) is 2.42. The van der Waals surface area contributed by atoms with Gasteiger partial charge in [-0.25, -0.2) is 0 Å². The third kappa shape index (κ3) is 4.91. The third-order valence-electron chi connectivity index (χ3n) is 3.10. The third-order valence-corrected chi connectivity index (χ3v) is 3.84.